The number of ether oxygens (including phenoxy) is 3. The first-order chi connectivity index (χ1) is 8.20. The van der Waals surface area contributed by atoms with Crippen molar-refractivity contribution < 1.29 is 24.1 Å². The lowest BCUT2D eigenvalue weighted by Crippen LogP contribution is -2.32. The lowest BCUT2D eigenvalue weighted by molar-refractivity contribution is -0.313. The molecule has 1 saturated heterocycles. The number of carbonyl (C=O) groups is 1. The van der Waals surface area contributed by atoms with Crippen LogP contribution in [0.3, 0.4) is 0 Å². The highest BCUT2D eigenvalue weighted by Gasteiger charge is 2.21. The Hall–Kier alpha value is -0.650. The minimum absolute atomic E-state index is 0.150. The van der Waals surface area contributed by atoms with Crippen LogP contribution in [0.15, 0.2) is 0 Å². The summed E-state index contributed by atoms with van der Waals surface area (Å²) >= 11 is 0. The van der Waals surface area contributed by atoms with Crippen LogP contribution in [-0.4, -0.2) is 31.0 Å². The third kappa shape index (κ3) is 6.61. The van der Waals surface area contributed by atoms with Gasteiger partial charge in [-0.05, 0) is 12.8 Å². The third-order valence-corrected chi connectivity index (χ3v) is 2.90. The first-order valence-corrected chi connectivity index (χ1v) is 6.23. The van der Waals surface area contributed by atoms with Crippen LogP contribution in [-0.2, 0) is 19.0 Å². The zero-order chi connectivity index (χ0) is 12.5. The number of hydrogen-bond donors (Lipinski definition) is 1. The quantitative estimate of drug-likeness (QED) is 0.666. The van der Waals surface area contributed by atoms with E-state index < -0.39 is 5.97 Å². The summed E-state index contributed by atoms with van der Waals surface area (Å²) in [6.45, 7) is 2.73. The number of rotatable bonds is 8. The zero-order valence-corrected chi connectivity index (χ0v) is 10.4. The van der Waals surface area contributed by atoms with Crippen LogP contribution in [0, 0.1) is 5.92 Å². The Bertz CT molecular complexity index is 213. The number of unbranched alkanes of at least 4 members (excludes halogenated alkanes) is 3. The van der Waals surface area contributed by atoms with Crippen LogP contribution in [0.2, 0.25) is 0 Å². The molecule has 0 bridgehead atoms. The van der Waals surface area contributed by atoms with Crippen molar-refractivity contribution in [1.82, 2.24) is 0 Å². The van der Waals surface area contributed by atoms with Gasteiger partial charge in [0, 0.05) is 12.3 Å². The average molecular weight is 246 g/mol. The Morgan fingerprint density at radius 3 is 2.53 bits per heavy atom. The van der Waals surface area contributed by atoms with Crippen LogP contribution in [0.4, 0.5) is 0 Å². The Morgan fingerprint density at radius 1 is 1.24 bits per heavy atom. The van der Waals surface area contributed by atoms with Gasteiger partial charge in [-0.25, -0.2) is 0 Å². The Labute approximate surface area is 102 Å². The Morgan fingerprint density at radius 2 is 1.88 bits per heavy atom. The van der Waals surface area contributed by atoms with E-state index in [0.717, 1.165) is 32.1 Å². The maximum atomic E-state index is 10.3. The van der Waals surface area contributed by atoms with Crippen molar-refractivity contribution in [3.63, 3.8) is 0 Å². The van der Waals surface area contributed by atoms with Crippen molar-refractivity contribution in [2.75, 3.05) is 13.6 Å². The molecular weight excluding hydrogens is 224 g/mol. The van der Waals surface area contributed by atoms with Gasteiger partial charge in [0.25, 0.3) is 0 Å². The molecule has 1 unspecified atom stereocenters. The van der Waals surface area contributed by atoms with Crippen molar-refractivity contribution >= 4 is 5.97 Å². The molecule has 0 radical (unpaired) electrons. The fourth-order valence-corrected chi connectivity index (χ4v) is 1.87. The standard InChI is InChI=1S/C12H22O5/c1-10(12-16-8-15-9-17-12)6-4-2-3-5-7-11(13)14/h10,12H,2-9H2,1H3,(H,13,14). The van der Waals surface area contributed by atoms with Crippen LogP contribution >= 0.6 is 0 Å². The molecule has 17 heavy (non-hydrogen) atoms. The molecule has 5 heteroatoms. The van der Waals surface area contributed by atoms with E-state index in [1.54, 1.807) is 0 Å². The summed E-state index contributed by atoms with van der Waals surface area (Å²) in [6.07, 6.45) is 5.08. The van der Waals surface area contributed by atoms with Crippen LogP contribution < -0.4 is 0 Å². The van der Waals surface area contributed by atoms with Crippen LogP contribution in [0.25, 0.3) is 0 Å². The summed E-state index contributed by atoms with van der Waals surface area (Å²) < 4.78 is 15.6. The summed E-state index contributed by atoms with van der Waals surface area (Å²) in [4.78, 5) is 10.3. The Kier molecular flexibility index (Phi) is 7.16. The molecule has 1 fully saturated rings. The number of hydrogen-bond acceptors (Lipinski definition) is 4. The van der Waals surface area contributed by atoms with Gasteiger partial charge in [0.05, 0.1) is 0 Å². The highest BCUT2D eigenvalue weighted by molar-refractivity contribution is 5.66. The van der Waals surface area contributed by atoms with Gasteiger partial charge in [-0.3, -0.25) is 4.79 Å². The average Bonchev–Trinajstić information content (AvgIpc) is 2.34. The highest BCUT2D eigenvalue weighted by Crippen LogP contribution is 2.19. The summed E-state index contributed by atoms with van der Waals surface area (Å²) in [6, 6.07) is 0. The van der Waals surface area contributed by atoms with E-state index >= 15 is 0 Å². The minimum atomic E-state index is -0.706. The molecule has 0 aromatic rings. The minimum Gasteiger partial charge on any atom is -0.481 e. The monoisotopic (exact) mass is 246 g/mol. The topological polar surface area (TPSA) is 65.0 Å². The van der Waals surface area contributed by atoms with Gasteiger partial charge in [0.2, 0.25) is 0 Å². The molecule has 0 aromatic heterocycles. The van der Waals surface area contributed by atoms with Gasteiger partial charge in [-0.1, -0.05) is 26.2 Å². The maximum Gasteiger partial charge on any atom is 0.303 e. The normalized spacial score (nSPS) is 19.1. The largest absolute Gasteiger partial charge is 0.481 e. The van der Waals surface area contributed by atoms with E-state index in [4.69, 9.17) is 19.3 Å². The van der Waals surface area contributed by atoms with Crippen molar-refractivity contribution in [2.45, 2.75) is 51.7 Å². The van der Waals surface area contributed by atoms with Gasteiger partial charge in [0.1, 0.15) is 0 Å². The molecule has 1 atom stereocenters. The predicted molar refractivity (Wildman–Crippen MR) is 61.3 cm³/mol. The molecular formula is C12H22O5. The molecule has 0 spiro atoms. The van der Waals surface area contributed by atoms with Crippen molar-refractivity contribution in [1.29, 1.82) is 0 Å². The van der Waals surface area contributed by atoms with Gasteiger partial charge < -0.3 is 19.3 Å². The molecule has 1 rings (SSSR count). The summed E-state index contributed by atoms with van der Waals surface area (Å²) in [7, 11) is 0. The summed E-state index contributed by atoms with van der Waals surface area (Å²) in [5, 5.41) is 8.48. The summed E-state index contributed by atoms with van der Waals surface area (Å²) in [5.74, 6) is -0.347. The molecule has 0 saturated carbocycles. The fourth-order valence-electron chi connectivity index (χ4n) is 1.87. The zero-order valence-electron chi connectivity index (χ0n) is 10.4. The second-order valence-corrected chi connectivity index (χ2v) is 4.47. The smallest absolute Gasteiger partial charge is 0.303 e. The van der Waals surface area contributed by atoms with E-state index in [2.05, 4.69) is 6.92 Å². The van der Waals surface area contributed by atoms with Crippen molar-refractivity contribution in [3.05, 3.63) is 0 Å². The highest BCUT2D eigenvalue weighted by atomic mass is 16.8. The third-order valence-electron chi connectivity index (χ3n) is 2.90. The van der Waals surface area contributed by atoms with Crippen molar-refractivity contribution in [3.8, 4) is 0 Å². The van der Waals surface area contributed by atoms with Crippen molar-refractivity contribution in [2.24, 2.45) is 5.92 Å². The van der Waals surface area contributed by atoms with E-state index in [0.29, 0.717) is 19.5 Å². The first kappa shape index (κ1) is 14.4. The molecule has 1 heterocycles. The lowest BCUT2D eigenvalue weighted by atomic mass is 10.0. The Balaban J connectivity index is 1.96. The fraction of sp³-hybridized carbons (Fsp3) is 0.917. The second-order valence-electron chi connectivity index (χ2n) is 4.47. The predicted octanol–water partition coefficient (Wildman–Crippen LogP) is 2.35. The molecule has 0 aromatic carbocycles. The number of aliphatic carboxylic acids is 1. The van der Waals surface area contributed by atoms with Gasteiger partial charge >= 0.3 is 5.97 Å². The van der Waals surface area contributed by atoms with Gasteiger partial charge in [0.15, 0.2) is 19.9 Å². The summed E-state index contributed by atoms with van der Waals surface area (Å²) in [5.41, 5.74) is 0. The van der Waals surface area contributed by atoms with E-state index in [-0.39, 0.29) is 12.7 Å². The molecule has 0 aliphatic carbocycles. The molecule has 1 aliphatic heterocycles. The van der Waals surface area contributed by atoms with E-state index in [9.17, 15) is 4.79 Å². The number of carboxylic acid groups (broad SMARTS) is 1. The number of carboxylic acids is 1. The van der Waals surface area contributed by atoms with Gasteiger partial charge in [-0.15, -0.1) is 0 Å². The molecule has 1 N–H and O–H groups in total. The van der Waals surface area contributed by atoms with Crippen LogP contribution in [0.5, 0.6) is 0 Å². The molecule has 0 amide bonds. The molecule has 1 aliphatic rings. The lowest BCUT2D eigenvalue weighted by Gasteiger charge is -2.28. The molecule has 100 valence electrons. The van der Waals surface area contributed by atoms with Crippen LogP contribution in [0.1, 0.15) is 45.4 Å². The van der Waals surface area contributed by atoms with Gasteiger partial charge in [-0.2, -0.15) is 0 Å². The maximum absolute atomic E-state index is 10.3. The van der Waals surface area contributed by atoms with E-state index in [1.165, 1.54) is 0 Å². The second kappa shape index (κ2) is 8.44. The van der Waals surface area contributed by atoms with E-state index in [1.807, 2.05) is 0 Å². The first-order valence-electron chi connectivity index (χ1n) is 6.23. The molecule has 5 nitrogen and oxygen atoms in total. The SMILES string of the molecule is CC(CCCCCCC(=O)O)C1OCOCO1.